The number of hydrogen-bond acceptors (Lipinski definition) is 4. The van der Waals surface area contributed by atoms with Gasteiger partial charge in [-0.25, -0.2) is 9.18 Å². The highest BCUT2D eigenvalue weighted by Gasteiger charge is 2.52. The minimum absolute atomic E-state index is 0.133. The van der Waals surface area contributed by atoms with E-state index in [-0.39, 0.29) is 18.4 Å². The highest BCUT2D eigenvalue weighted by atomic mass is 19.1. The Balaban J connectivity index is 1.57. The van der Waals surface area contributed by atoms with E-state index in [1.807, 2.05) is 26.8 Å². The standard InChI is InChI=1S/C26H32FN3O4/c1-4-5-12-26(19-8-10-20(27)11-9-19)24(32)30(25(33)28-26)16-23(31)22-14-17(2)29(18(22)3)15-21-7-6-13-34-21/h8-11,14,21H,4-7,12-13,15-16H2,1-3H3,(H,28,33)/t21-,26+/m1/s1. The summed E-state index contributed by atoms with van der Waals surface area (Å²) in [4.78, 5) is 40.7. The third kappa shape index (κ3) is 4.39. The normalized spacial score (nSPS) is 22.5. The Kier molecular flexibility index (Phi) is 6.89. The zero-order valence-corrected chi connectivity index (χ0v) is 20.0. The molecule has 182 valence electrons. The fourth-order valence-corrected chi connectivity index (χ4v) is 5.04. The second-order valence-electron chi connectivity index (χ2n) is 9.29. The maximum Gasteiger partial charge on any atom is 0.325 e. The number of amides is 3. The highest BCUT2D eigenvalue weighted by molar-refractivity contribution is 6.11. The monoisotopic (exact) mass is 469 g/mol. The Labute approximate surface area is 199 Å². The van der Waals surface area contributed by atoms with Crippen LogP contribution in [0.4, 0.5) is 9.18 Å². The number of aryl methyl sites for hydroxylation is 1. The van der Waals surface area contributed by atoms with Crippen LogP contribution < -0.4 is 5.32 Å². The van der Waals surface area contributed by atoms with Gasteiger partial charge in [-0.2, -0.15) is 0 Å². The molecule has 0 saturated carbocycles. The molecule has 0 bridgehead atoms. The lowest BCUT2D eigenvalue weighted by molar-refractivity contribution is -0.131. The number of Topliss-reactive ketones (excluding diaryl/α,β-unsaturated/α-hetero) is 1. The van der Waals surface area contributed by atoms with Gasteiger partial charge < -0.3 is 14.6 Å². The Morgan fingerprint density at radius 3 is 2.62 bits per heavy atom. The Hall–Kier alpha value is -3.00. The van der Waals surface area contributed by atoms with Gasteiger partial charge in [0.05, 0.1) is 12.6 Å². The first-order chi connectivity index (χ1) is 16.3. The molecule has 0 unspecified atom stereocenters. The number of benzene rings is 1. The molecule has 4 rings (SSSR count). The molecule has 8 heteroatoms. The number of carbonyl (C=O) groups is 3. The molecule has 0 spiro atoms. The molecule has 2 aliphatic rings. The SMILES string of the molecule is CCCC[C@@]1(c2ccc(F)cc2)NC(=O)N(CC(=O)c2cc(C)n(C[C@H]3CCCO3)c2C)C1=O. The van der Waals surface area contributed by atoms with E-state index in [0.29, 0.717) is 30.5 Å². The summed E-state index contributed by atoms with van der Waals surface area (Å²) in [5.41, 5.74) is 1.48. The van der Waals surface area contributed by atoms with Gasteiger partial charge >= 0.3 is 6.03 Å². The average molecular weight is 470 g/mol. The Morgan fingerprint density at radius 1 is 1.24 bits per heavy atom. The molecular formula is C26H32FN3O4. The van der Waals surface area contributed by atoms with Crippen molar-refractivity contribution in [2.45, 2.75) is 71.1 Å². The van der Waals surface area contributed by atoms with Crippen LogP contribution in [0.3, 0.4) is 0 Å². The lowest BCUT2D eigenvalue weighted by Gasteiger charge is -2.27. The number of imide groups is 1. The molecule has 2 aromatic rings. The van der Waals surface area contributed by atoms with Crippen LogP contribution >= 0.6 is 0 Å². The largest absolute Gasteiger partial charge is 0.376 e. The molecule has 3 heterocycles. The van der Waals surface area contributed by atoms with Gasteiger partial charge in [-0.15, -0.1) is 0 Å². The van der Waals surface area contributed by atoms with Gasteiger partial charge in [0.15, 0.2) is 5.78 Å². The molecule has 0 aliphatic carbocycles. The predicted molar refractivity (Wildman–Crippen MR) is 125 cm³/mol. The summed E-state index contributed by atoms with van der Waals surface area (Å²) in [6.45, 7) is 6.91. The van der Waals surface area contributed by atoms with Crippen molar-refractivity contribution in [1.29, 1.82) is 0 Å². The first kappa shape index (κ1) is 24.1. The van der Waals surface area contributed by atoms with Crippen LogP contribution in [0.15, 0.2) is 30.3 Å². The number of unbranched alkanes of at least 4 members (excludes halogenated alkanes) is 1. The van der Waals surface area contributed by atoms with Crippen molar-refractivity contribution in [2.24, 2.45) is 0 Å². The van der Waals surface area contributed by atoms with Crippen LogP contribution in [-0.2, 0) is 21.6 Å². The van der Waals surface area contributed by atoms with Crippen LogP contribution in [-0.4, -0.2) is 46.4 Å². The van der Waals surface area contributed by atoms with E-state index in [1.165, 1.54) is 24.3 Å². The molecule has 7 nitrogen and oxygen atoms in total. The van der Waals surface area contributed by atoms with Crippen molar-refractivity contribution in [2.75, 3.05) is 13.2 Å². The highest BCUT2D eigenvalue weighted by Crippen LogP contribution is 2.34. The molecule has 1 aromatic heterocycles. The minimum atomic E-state index is -1.29. The molecule has 3 amide bonds. The van der Waals surface area contributed by atoms with Crippen LogP contribution in [0, 0.1) is 19.7 Å². The van der Waals surface area contributed by atoms with Crippen molar-refractivity contribution < 1.29 is 23.5 Å². The molecular weight excluding hydrogens is 437 g/mol. The first-order valence-electron chi connectivity index (χ1n) is 12.0. The molecule has 0 radical (unpaired) electrons. The number of carbonyl (C=O) groups excluding carboxylic acids is 3. The lowest BCUT2D eigenvalue weighted by Crippen LogP contribution is -2.44. The number of urea groups is 1. The minimum Gasteiger partial charge on any atom is -0.376 e. The van der Waals surface area contributed by atoms with E-state index in [9.17, 15) is 18.8 Å². The molecule has 2 atom stereocenters. The number of ether oxygens (including phenoxy) is 1. The van der Waals surface area contributed by atoms with Gasteiger partial charge in [-0.05, 0) is 56.9 Å². The second-order valence-corrected chi connectivity index (χ2v) is 9.29. The van der Waals surface area contributed by atoms with E-state index in [0.717, 1.165) is 42.2 Å². The van der Waals surface area contributed by atoms with Crippen molar-refractivity contribution in [1.82, 2.24) is 14.8 Å². The molecule has 34 heavy (non-hydrogen) atoms. The summed E-state index contributed by atoms with van der Waals surface area (Å²) in [7, 11) is 0. The zero-order valence-electron chi connectivity index (χ0n) is 20.0. The van der Waals surface area contributed by atoms with Crippen LogP contribution in [0.5, 0.6) is 0 Å². The third-order valence-electron chi connectivity index (χ3n) is 7.00. The van der Waals surface area contributed by atoms with Crippen molar-refractivity contribution >= 4 is 17.7 Å². The topological polar surface area (TPSA) is 80.6 Å². The summed E-state index contributed by atoms with van der Waals surface area (Å²) in [6.07, 6.45) is 4.05. The van der Waals surface area contributed by atoms with Gasteiger partial charge in [-0.3, -0.25) is 14.5 Å². The van der Waals surface area contributed by atoms with Crippen LogP contribution in [0.25, 0.3) is 0 Å². The Morgan fingerprint density at radius 2 is 1.97 bits per heavy atom. The number of ketones is 1. The predicted octanol–water partition coefficient (Wildman–Crippen LogP) is 4.24. The summed E-state index contributed by atoms with van der Waals surface area (Å²) in [6, 6.07) is 6.81. The molecule has 1 N–H and O–H groups in total. The number of hydrogen-bond donors (Lipinski definition) is 1. The smallest absolute Gasteiger partial charge is 0.325 e. The number of halogens is 1. The molecule has 2 saturated heterocycles. The summed E-state index contributed by atoms with van der Waals surface area (Å²) < 4.78 is 21.3. The summed E-state index contributed by atoms with van der Waals surface area (Å²) in [5, 5.41) is 2.82. The van der Waals surface area contributed by atoms with E-state index >= 15 is 0 Å². The van der Waals surface area contributed by atoms with Gasteiger partial charge in [-0.1, -0.05) is 31.9 Å². The molecule has 2 fully saturated rings. The Bertz CT molecular complexity index is 1090. The van der Waals surface area contributed by atoms with Gasteiger partial charge in [0.25, 0.3) is 5.91 Å². The van der Waals surface area contributed by atoms with Crippen LogP contribution in [0.1, 0.15) is 66.3 Å². The molecule has 1 aromatic carbocycles. The van der Waals surface area contributed by atoms with E-state index in [1.54, 1.807) is 0 Å². The van der Waals surface area contributed by atoms with E-state index in [4.69, 9.17) is 4.74 Å². The van der Waals surface area contributed by atoms with Crippen molar-refractivity contribution in [3.63, 3.8) is 0 Å². The van der Waals surface area contributed by atoms with Gasteiger partial charge in [0.2, 0.25) is 0 Å². The third-order valence-corrected chi connectivity index (χ3v) is 7.00. The fourth-order valence-electron chi connectivity index (χ4n) is 5.04. The van der Waals surface area contributed by atoms with Crippen molar-refractivity contribution in [3.8, 4) is 0 Å². The zero-order chi connectivity index (χ0) is 24.5. The summed E-state index contributed by atoms with van der Waals surface area (Å²) >= 11 is 0. The first-order valence-corrected chi connectivity index (χ1v) is 12.0. The molecule has 2 aliphatic heterocycles. The average Bonchev–Trinajstić information content (AvgIpc) is 3.49. The number of rotatable bonds is 9. The maximum absolute atomic E-state index is 13.6. The van der Waals surface area contributed by atoms with Gasteiger partial charge in [0.1, 0.15) is 11.4 Å². The quantitative estimate of drug-likeness (QED) is 0.440. The summed E-state index contributed by atoms with van der Waals surface area (Å²) in [5.74, 6) is -1.18. The van der Waals surface area contributed by atoms with Gasteiger partial charge in [0, 0.05) is 30.1 Å². The van der Waals surface area contributed by atoms with Crippen LogP contribution in [0.2, 0.25) is 0 Å². The van der Waals surface area contributed by atoms with E-state index in [2.05, 4.69) is 9.88 Å². The second kappa shape index (κ2) is 9.70. The van der Waals surface area contributed by atoms with E-state index < -0.39 is 23.3 Å². The van der Waals surface area contributed by atoms with Crippen molar-refractivity contribution in [3.05, 3.63) is 58.7 Å². The lowest BCUT2D eigenvalue weighted by atomic mass is 9.84. The number of nitrogens with one attached hydrogen (secondary N) is 1. The number of nitrogens with zero attached hydrogens (tertiary/aromatic N) is 2. The number of aromatic nitrogens is 1. The maximum atomic E-state index is 13.6. The fraction of sp³-hybridized carbons (Fsp3) is 0.500.